The molecule has 2 aromatic heterocycles. The fourth-order valence-corrected chi connectivity index (χ4v) is 2.96. The molecule has 0 saturated carbocycles. The fraction of sp³-hybridized carbons (Fsp3) is 0.158. The molecule has 2 heterocycles. The molecule has 0 bridgehead atoms. The Labute approximate surface area is 161 Å². The predicted octanol–water partition coefficient (Wildman–Crippen LogP) is 5.15. The normalized spacial score (nSPS) is 11.8. The maximum atomic E-state index is 12.9. The number of hydrogen-bond acceptors (Lipinski definition) is 4. The van der Waals surface area contributed by atoms with Gasteiger partial charge in [-0.3, -0.25) is 9.69 Å². The Balaban J connectivity index is 1.81. The van der Waals surface area contributed by atoms with E-state index < -0.39 is 0 Å². The van der Waals surface area contributed by atoms with Gasteiger partial charge >= 0.3 is 0 Å². The topological polar surface area (TPSA) is 55.6 Å². The highest BCUT2D eigenvalue weighted by Gasteiger charge is 2.26. The van der Waals surface area contributed by atoms with E-state index in [1.165, 1.54) is 4.90 Å². The van der Waals surface area contributed by atoms with Crippen LogP contribution in [0.15, 0.2) is 65.4 Å². The number of ether oxygens (including phenoxy) is 1. The minimum atomic E-state index is -0.350. The summed E-state index contributed by atoms with van der Waals surface area (Å²) in [5.41, 5.74) is 0. The van der Waals surface area contributed by atoms with E-state index in [4.69, 9.17) is 32.4 Å². The van der Waals surface area contributed by atoms with Crippen molar-refractivity contribution in [3.8, 4) is 5.75 Å². The predicted molar refractivity (Wildman–Crippen MR) is 101 cm³/mol. The summed E-state index contributed by atoms with van der Waals surface area (Å²) in [6, 6.07) is 13.4. The number of carbonyl (C=O) groups excluding carboxylic acids is 1. The van der Waals surface area contributed by atoms with Crippen LogP contribution in [0.5, 0.6) is 5.75 Å². The van der Waals surface area contributed by atoms with Crippen LogP contribution >= 0.6 is 23.2 Å². The molecule has 1 atom stereocenters. The van der Waals surface area contributed by atoms with Crippen LogP contribution in [-0.4, -0.2) is 17.5 Å². The molecule has 134 valence electrons. The maximum Gasteiger partial charge on any atom is 0.266 e. The van der Waals surface area contributed by atoms with Crippen molar-refractivity contribution in [2.24, 2.45) is 0 Å². The zero-order chi connectivity index (χ0) is 18.5. The minimum absolute atomic E-state index is 0.205. The highest BCUT2D eigenvalue weighted by atomic mass is 35.5. The zero-order valence-corrected chi connectivity index (χ0v) is 15.4. The van der Waals surface area contributed by atoms with Crippen molar-refractivity contribution in [1.82, 2.24) is 4.98 Å². The molecule has 0 saturated heterocycles. The standard InChI is InChI=1S/C19H16Cl2N2O3/c1-13(16-5-4-10-25-16)23(18-6-2-3-9-22-18)19(24)12-26-17-8-7-14(20)11-15(17)21/h2-11,13H,12H2,1H3/t13-/m0/s1. The smallest absolute Gasteiger partial charge is 0.266 e. The number of anilines is 1. The van der Waals surface area contributed by atoms with E-state index in [0.29, 0.717) is 27.4 Å². The maximum absolute atomic E-state index is 12.9. The number of hydrogen-bond donors (Lipinski definition) is 0. The Bertz CT molecular complexity index is 870. The first kappa shape index (κ1) is 18.3. The van der Waals surface area contributed by atoms with Gasteiger partial charge in [-0.1, -0.05) is 29.3 Å². The van der Waals surface area contributed by atoms with Crippen molar-refractivity contribution in [3.05, 3.63) is 76.8 Å². The summed E-state index contributed by atoms with van der Waals surface area (Å²) < 4.78 is 11.0. The van der Waals surface area contributed by atoms with E-state index in [-0.39, 0.29) is 18.6 Å². The van der Waals surface area contributed by atoms with E-state index in [2.05, 4.69) is 4.98 Å². The minimum Gasteiger partial charge on any atom is -0.482 e. The van der Waals surface area contributed by atoms with E-state index in [1.54, 1.807) is 48.9 Å². The van der Waals surface area contributed by atoms with Crippen LogP contribution in [0, 0.1) is 0 Å². The van der Waals surface area contributed by atoms with E-state index in [1.807, 2.05) is 19.1 Å². The second kappa shape index (κ2) is 8.25. The van der Waals surface area contributed by atoms with Gasteiger partial charge in [-0.15, -0.1) is 0 Å². The molecule has 5 nitrogen and oxygen atoms in total. The van der Waals surface area contributed by atoms with Gasteiger partial charge < -0.3 is 9.15 Å². The van der Waals surface area contributed by atoms with Gasteiger partial charge in [0.1, 0.15) is 17.3 Å². The lowest BCUT2D eigenvalue weighted by Gasteiger charge is -2.27. The summed E-state index contributed by atoms with van der Waals surface area (Å²) in [7, 11) is 0. The number of halogens is 2. The van der Waals surface area contributed by atoms with Gasteiger partial charge in [-0.05, 0) is 49.4 Å². The summed E-state index contributed by atoms with van der Waals surface area (Å²) in [5.74, 6) is 1.26. The molecule has 0 unspecified atom stereocenters. The molecule has 0 radical (unpaired) electrons. The molecule has 0 spiro atoms. The molecule has 0 N–H and O–H groups in total. The number of aromatic nitrogens is 1. The molecule has 3 rings (SSSR count). The summed E-state index contributed by atoms with van der Waals surface area (Å²) in [4.78, 5) is 18.7. The number of benzene rings is 1. The number of carbonyl (C=O) groups is 1. The largest absolute Gasteiger partial charge is 0.482 e. The van der Waals surface area contributed by atoms with Crippen molar-refractivity contribution in [2.75, 3.05) is 11.5 Å². The molecule has 0 aliphatic rings. The van der Waals surface area contributed by atoms with Crippen LogP contribution in [0.4, 0.5) is 5.82 Å². The number of amides is 1. The fourth-order valence-electron chi connectivity index (χ4n) is 2.50. The van der Waals surface area contributed by atoms with Crippen LogP contribution in [0.25, 0.3) is 0 Å². The molecule has 1 aromatic carbocycles. The highest BCUT2D eigenvalue weighted by molar-refractivity contribution is 6.35. The van der Waals surface area contributed by atoms with Crippen molar-refractivity contribution < 1.29 is 13.9 Å². The van der Waals surface area contributed by atoms with Crippen molar-refractivity contribution in [2.45, 2.75) is 13.0 Å². The van der Waals surface area contributed by atoms with Crippen LogP contribution in [0.2, 0.25) is 10.0 Å². The molecule has 1 amide bonds. The molecule has 0 aliphatic carbocycles. The highest BCUT2D eigenvalue weighted by Crippen LogP contribution is 2.29. The van der Waals surface area contributed by atoms with Crippen LogP contribution in [0.1, 0.15) is 18.7 Å². The summed E-state index contributed by atoms with van der Waals surface area (Å²) >= 11 is 12.0. The Kier molecular flexibility index (Phi) is 5.81. The van der Waals surface area contributed by atoms with Gasteiger partial charge in [0.2, 0.25) is 0 Å². The third kappa shape index (κ3) is 4.18. The van der Waals surface area contributed by atoms with Gasteiger partial charge in [0.25, 0.3) is 5.91 Å². The summed E-state index contributed by atoms with van der Waals surface area (Å²) in [6.07, 6.45) is 3.19. The number of rotatable bonds is 6. The number of pyridine rings is 1. The van der Waals surface area contributed by atoms with Crippen molar-refractivity contribution in [1.29, 1.82) is 0 Å². The summed E-state index contributed by atoms with van der Waals surface area (Å²) in [6.45, 7) is 1.66. The van der Waals surface area contributed by atoms with E-state index in [9.17, 15) is 4.79 Å². The van der Waals surface area contributed by atoms with Gasteiger partial charge in [0, 0.05) is 11.2 Å². The summed E-state index contributed by atoms with van der Waals surface area (Å²) in [5, 5.41) is 0.837. The third-order valence-corrected chi connectivity index (χ3v) is 4.28. The quantitative estimate of drug-likeness (QED) is 0.583. The molecule has 0 fully saturated rings. The Morgan fingerprint density at radius 3 is 2.73 bits per heavy atom. The number of nitrogens with zero attached hydrogens (tertiary/aromatic N) is 2. The van der Waals surface area contributed by atoms with Crippen molar-refractivity contribution >= 4 is 34.9 Å². The van der Waals surface area contributed by atoms with Crippen LogP contribution in [0.3, 0.4) is 0 Å². The first-order valence-corrected chi connectivity index (χ1v) is 8.66. The zero-order valence-electron chi connectivity index (χ0n) is 13.9. The van der Waals surface area contributed by atoms with Crippen molar-refractivity contribution in [3.63, 3.8) is 0 Å². The van der Waals surface area contributed by atoms with Gasteiger partial charge in [-0.2, -0.15) is 0 Å². The Morgan fingerprint density at radius 1 is 1.23 bits per heavy atom. The molecular formula is C19H16Cl2N2O3. The first-order valence-electron chi connectivity index (χ1n) is 7.90. The van der Waals surface area contributed by atoms with Crippen LogP contribution < -0.4 is 9.64 Å². The number of furan rings is 1. The van der Waals surface area contributed by atoms with E-state index in [0.717, 1.165) is 0 Å². The monoisotopic (exact) mass is 390 g/mol. The second-order valence-electron chi connectivity index (χ2n) is 5.51. The average molecular weight is 391 g/mol. The molecule has 7 heteroatoms. The molecular weight excluding hydrogens is 375 g/mol. The van der Waals surface area contributed by atoms with Gasteiger partial charge in [0.15, 0.2) is 6.61 Å². The average Bonchev–Trinajstić information content (AvgIpc) is 3.17. The third-order valence-electron chi connectivity index (χ3n) is 3.75. The molecule has 26 heavy (non-hydrogen) atoms. The lowest BCUT2D eigenvalue weighted by molar-refractivity contribution is -0.121. The Morgan fingerprint density at radius 2 is 2.08 bits per heavy atom. The lowest BCUT2D eigenvalue weighted by atomic mass is 10.2. The second-order valence-corrected chi connectivity index (χ2v) is 6.35. The van der Waals surface area contributed by atoms with E-state index >= 15 is 0 Å². The van der Waals surface area contributed by atoms with Crippen LogP contribution in [-0.2, 0) is 4.79 Å². The lowest BCUT2D eigenvalue weighted by Crippen LogP contribution is -2.37. The first-order chi connectivity index (χ1) is 12.6. The molecule has 3 aromatic rings. The van der Waals surface area contributed by atoms with Gasteiger partial charge in [-0.25, -0.2) is 4.98 Å². The van der Waals surface area contributed by atoms with Gasteiger partial charge in [0.05, 0.1) is 17.3 Å². The SMILES string of the molecule is C[C@@H](c1ccco1)N(C(=O)COc1ccc(Cl)cc1Cl)c1ccccn1. The Hall–Kier alpha value is -2.50. The molecule has 0 aliphatic heterocycles.